The quantitative estimate of drug-likeness (QED) is 0.473. The molecule has 0 bridgehead atoms. The Morgan fingerprint density at radius 1 is 1.48 bits per heavy atom. The van der Waals surface area contributed by atoms with Gasteiger partial charge in [0.25, 0.3) is 0 Å². The van der Waals surface area contributed by atoms with Gasteiger partial charge in [-0.2, -0.15) is 0 Å². The van der Waals surface area contributed by atoms with E-state index in [-0.39, 0.29) is 23.0 Å². The van der Waals surface area contributed by atoms with Crippen molar-refractivity contribution in [2.45, 2.75) is 82.0 Å². The van der Waals surface area contributed by atoms with Crippen LogP contribution in [0, 0.1) is 5.92 Å². The molecule has 2 heterocycles. The van der Waals surface area contributed by atoms with Gasteiger partial charge in [0.1, 0.15) is 0 Å². The van der Waals surface area contributed by atoms with E-state index in [1.54, 1.807) is 0 Å². The molecule has 0 radical (unpaired) electrons. The van der Waals surface area contributed by atoms with Gasteiger partial charge in [0, 0.05) is 0 Å². The molecule has 2 aliphatic heterocycles. The summed E-state index contributed by atoms with van der Waals surface area (Å²) in [6.45, 7) is 20.5. The first kappa shape index (κ1) is 21.0. The molecule has 0 aromatic carbocycles. The van der Waals surface area contributed by atoms with Crippen molar-refractivity contribution in [3.05, 3.63) is 23.8 Å². The first-order valence-electron chi connectivity index (χ1n) is 9.46. The van der Waals surface area contributed by atoms with Crippen molar-refractivity contribution in [2.75, 3.05) is 6.54 Å². The average Bonchev–Trinajstić information content (AvgIpc) is 2.47. The summed E-state index contributed by atoms with van der Waals surface area (Å²) in [4.78, 5) is 15.4. The number of fused-ring (bicyclic) bond motifs is 1. The molecule has 0 spiro atoms. The van der Waals surface area contributed by atoms with Crippen LogP contribution in [-0.4, -0.2) is 51.7 Å². The van der Waals surface area contributed by atoms with Crippen LogP contribution < -0.4 is 0 Å². The van der Waals surface area contributed by atoms with E-state index in [0.29, 0.717) is 19.9 Å². The number of carbonyl (C=O) groups excluding carboxylic acids is 1. The van der Waals surface area contributed by atoms with Crippen molar-refractivity contribution in [3.8, 4) is 0 Å². The summed E-state index contributed by atoms with van der Waals surface area (Å²) in [7, 11) is -1.85. The van der Waals surface area contributed by atoms with E-state index in [4.69, 9.17) is 4.43 Å². The Bertz CT molecular complexity index is 565. The second kappa shape index (κ2) is 7.72. The number of allylic oxidation sites excluding steroid dienone is 1. The summed E-state index contributed by atoms with van der Waals surface area (Å²) in [5.74, 6) is 0.346. The van der Waals surface area contributed by atoms with Crippen LogP contribution in [0.1, 0.15) is 47.5 Å². The fourth-order valence-corrected chi connectivity index (χ4v) is 7.58. The van der Waals surface area contributed by atoms with Crippen LogP contribution in [0.2, 0.25) is 23.5 Å². The Balaban J connectivity index is 2.10. The van der Waals surface area contributed by atoms with Gasteiger partial charge in [-0.15, -0.1) is 0 Å². The zero-order chi connectivity index (χ0) is 19.0. The number of nitrogens with zero attached hydrogens (tertiary/aromatic N) is 1. The third-order valence-electron chi connectivity index (χ3n) is 5.99. The van der Waals surface area contributed by atoms with E-state index in [1.165, 1.54) is 16.5 Å². The predicted molar refractivity (Wildman–Crippen MR) is 109 cm³/mol. The van der Waals surface area contributed by atoms with E-state index in [2.05, 4.69) is 65.3 Å². The summed E-state index contributed by atoms with van der Waals surface area (Å²) in [5, 5.41) is 1.37. The summed E-state index contributed by atoms with van der Waals surface area (Å²) >= 11 is 0.471. The molecule has 1 fully saturated rings. The third-order valence-corrected chi connectivity index (χ3v) is 13.4. The van der Waals surface area contributed by atoms with Gasteiger partial charge in [-0.1, -0.05) is 0 Å². The van der Waals surface area contributed by atoms with Crippen LogP contribution in [0.5, 0.6) is 0 Å². The Kier molecular flexibility index (Phi) is 6.47. The van der Waals surface area contributed by atoms with Crippen LogP contribution in [0.4, 0.5) is 0 Å². The van der Waals surface area contributed by atoms with E-state index in [0.717, 1.165) is 19.4 Å². The number of hydrogen-bond donors (Lipinski definition) is 0. The Morgan fingerprint density at radius 3 is 2.68 bits per heavy atom. The molecule has 142 valence electrons. The fourth-order valence-electron chi connectivity index (χ4n) is 3.21. The second-order valence-corrected chi connectivity index (χ2v) is 16.1. The number of β-lactam (4-membered cyclic amide) rings is 1. The molecular weight excluding hydrogens is 393 g/mol. The van der Waals surface area contributed by atoms with Gasteiger partial charge in [0.05, 0.1) is 0 Å². The molecule has 1 amide bonds. The Morgan fingerprint density at radius 2 is 2.12 bits per heavy atom. The number of amides is 1. The zero-order valence-corrected chi connectivity index (χ0v) is 19.7. The average molecular weight is 429 g/mol. The molecule has 3 nitrogen and oxygen atoms in total. The Hall–Kier alpha value is -0.354. The molecule has 0 unspecified atom stereocenters. The molecule has 3 atom stereocenters. The molecule has 0 aromatic rings. The molecule has 0 aromatic heterocycles. The monoisotopic (exact) mass is 429 g/mol. The van der Waals surface area contributed by atoms with Gasteiger partial charge in [-0.05, 0) is 0 Å². The topological polar surface area (TPSA) is 29.5 Å². The molecule has 0 saturated carbocycles. The van der Waals surface area contributed by atoms with Gasteiger partial charge in [-0.25, -0.2) is 0 Å². The van der Waals surface area contributed by atoms with E-state index >= 15 is 0 Å². The zero-order valence-electron chi connectivity index (χ0n) is 17.0. The maximum atomic E-state index is 12.9. The van der Waals surface area contributed by atoms with Crippen LogP contribution in [-0.2, 0) is 9.22 Å². The summed E-state index contributed by atoms with van der Waals surface area (Å²) in [6, 6.07) is 0. The van der Waals surface area contributed by atoms with Crippen LogP contribution >= 0.6 is 0 Å². The predicted octanol–water partition coefficient (Wildman–Crippen LogP) is 4.60. The minimum atomic E-state index is -1.85. The maximum absolute atomic E-state index is 12.9. The molecule has 5 heteroatoms. The molecule has 0 aliphatic carbocycles. The van der Waals surface area contributed by atoms with Crippen LogP contribution in [0.15, 0.2) is 23.8 Å². The summed E-state index contributed by atoms with van der Waals surface area (Å²) < 4.78 is 6.56. The van der Waals surface area contributed by atoms with Gasteiger partial charge in [0.2, 0.25) is 0 Å². The normalized spacial score (nSPS) is 28.2. The first-order valence-corrected chi connectivity index (χ1v) is 14.6. The molecule has 2 rings (SSSR count). The standard InChI is InChI=1S/C20H35NO2SeSi/c1-9-14(2)16-11-10-12-24-19-17(18(22)21(19)13-16)15(3)23-25(7,8)20(4,5)6/h11,15,17,19H,2,9-10,12-13H2,1,3-8H3/b16-11+/t15-,17+,19-/m1/s1. The van der Waals surface area contributed by atoms with Crippen LogP contribution in [0.25, 0.3) is 0 Å². The molecule has 2 aliphatic rings. The first-order chi connectivity index (χ1) is 11.5. The van der Waals surface area contributed by atoms with Crippen molar-refractivity contribution in [2.24, 2.45) is 5.92 Å². The van der Waals surface area contributed by atoms with Crippen LogP contribution in [0.3, 0.4) is 0 Å². The molecular formula is C20H35NO2SeSi. The van der Waals surface area contributed by atoms with Crippen molar-refractivity contribution in [1.82, 2.24) is 4.90 Å². The van der Waals surface area contributed by atoms with Crippen molar-refractivity contribution >= 4 is 29.2 Å². The van der Waals surface area contributed by atoms with E-state index in [9.17, 15) is 4.79 Å². The van der Waals surface area contributed by atoms with Gasteiger partial charge in [-0.3, -0.25) is 0 Å². The SMILES string of the molecule is C=C(CC)/C1=C/CC[Se][C@@H]2[C@@H]([C@@H](C)O[Si](C)(C)C(C)(C)C)C(=O)N2C1. The Labute approximate surface area is 161 Å². The van der Waals surface area contributed by atoms with Gasteiger partial charge in [0.15, 0.2) is 0 Å². The van der Waals surface area contributed by atoms with Crippen molar-refractivity contribution in [3.63, 3.8) is 0 Å². The second-order valence-electron chi connectivity index (χ2n) is 8.81. The number of hydrogen-bond acceptors (Lipinski definition) is 2. The molecule has 0 N–H and O–H groups in total. The fraction of sp³-hybridized carbons (Fsp3) is 0.750. The van der Waals surface area contributed by atoms with Crippen molar-refractivity contribution < 1.29 is 9.22 Å². The third kappa shape index (κ3) is 4.32. The van der Waals surface area contributed by atoms with Gasteiger partial charge >= 0.3 is 162 Å². The van der Waals surface area contributed by atoms with Gasteiger partial charge < -0.3 is 0 Å². The molecule has 1 saturated heterocycles. The number of carbonyl (C=O) groups is 1. The minimum absolute atomic E-state index is 0.0257. The van der Waals surface area contributed by atoms with Crippen molar-refractivity contribution in [1.29, 1.82) is 0 Å². The summed E-state index contributed by atoms with van der Waals surface area (Å²) in [6.07, 6.45) is 4.41. The number of rotatable bonds is 5. The summed E-state index contributed by atoms with van der Waals surface area (Å²) in [5.41, 5.74) is 2.45. The van der Waals surface area contributed by atoms with E-state index < -0.39 is 8.32 Å². The van der Waals surface area contributed by atoms with E-state index in [1.807, 2.05) is 0 Å². The molecule has 25 heavy (non-hydrogen) atoms.